The number of rotatable bonds is 6. The lowest BCUT2D eigenvalue weighted by Gasteiger charge is -2.15. The van der Waals surface area contributed by atoms with E-state index in [9.17, 15) is 0 Å². The zero-order chi connectivity index (χ0) is 25.1. The first kappa shape index (κ1) is 27.0. The highest BCUT2D eigenvalue weighted by atomic mass is 127. The number of hydrogen-bond acceptors (Lipinski definition) is 3. The molecule has 0 atom stereocenters. The molecule has 2 saturated heterocycles. The summed E-state index contributed by atoms with van der Waals surface area (Å²) in [5.41, 5.74) is 2.33. The van der Waals surface area contributed by atoms with E-state index < -0.39 is 0 Å². The maximum absolute atomic E-state index is 6.06. The van der Waals surface area contributed by atoms with Crippen LogP contribution in [0.5, 0.6) is 0 Å². The van der Waals surface area contributed by atoms with Gasteiger partial charge in [-0.2, -0.15) is 5.10 Å². The van der Waals surface area contributed by atoms with Gasteiger partial charge < -0.3 is 14.4 Å². The van der Waals surface area contributed by atoms with Crippen molar-refractivity contribution < 1.29 is 0 Å². The first-order valence-corrected chi connectivity index (χ1v) is 15.6. The smallest absolute Gasteiger partial charge is 0.107 e. The minimum Gasteiger partial charge on any atom is -0.345 e. The lowest BCUT2D eigenvalue weighted by molar-refractivity contribution is 0.315. The number of halogens is 4. The maximum Gasteiger partial charge on any atom is 0.107 e. The van der Waals surface area contributed by atoms with Crippen molar-refractivity contribution in [2.24, 2.45) is 0 Å². The van der Waals surface area contributed by atoms with Crippen LogP contribution in [-0.2, 0) is 13.1 Å². The summed E-state index contributed by atoms with van der Waals surface area (Å²) >= 11 is 16.8. The fourth-order valence-corrected chi connectivity index (χ4v) is 7.02. The molecule has 2 fully saturated rings. The van der Waals surface area contributed by atoms with Crippen LogP contribution in [0.2, 0.25) is 10.0 Å². The maximum atomic E-state index is 6.06. The van der Waals surface area contributed by atoms with Crippen LogP contribution in [0.15, 0.2) is 42.6 Å². The summed E-state index contributed by atoms with van der Waals surface area (Å²) in [5.74, 6) is 0. The second-order valence-electron chi connectivity index (χ2n) is 9.60. The van der Waals surface area contributed by atoms with Crippen molar-refractivity contribution in [1.29, 1.82) is 0 Å². The third-order valence-corrected chi connectivity index (χ3v) is 9.58. The van der Waals surface area contributed by atoms with Gasteiger partial charge in [0, 0.05) is 55.7 Å². The summed E-state index contributed by atoms with van der Waals surface area (Å²) in [6.45, 7) is 9.29. The quantitative estimate of drug-likeness (QED) is 0.193. The van der Waals surface area contributed by atoms with E-state index in [0.29, 0.717) is 0 Å². The van der Waals surface area contributed by atoms with Crippen LogP contribution in [0.3, 0.4) is 0 Å². The van der Waals surface area contributed by atoms with Crippen LogP contribution in [-0.4, -0.2) is 63.4 Å². The van der Waals surface area contributed by atoms with Gasteiger partial charge in [0.2, 0.25) is 0 Å². The molecule has 0 amide bonds. The average molecular weight is 750 g/mol. The van der Waals surface area contributed by atoms with Gasteiger partial charge in [0.25, 0.3) is 0 Å². The molecule has 36 heavy (non-hydrogen) atoms. The fraction of sp³-hybridized carbons (Fsp3) is 0.444. The van der Waals surface area contributed by atoms with Crippen molar-refractivity contribution in [3.05, 3.63) is 59.9 Å². The molecule has 9 heteroatoms. The Balaban J connectivity index is 0.000000148. The molecule has 4 aromatic rings. The molecule has 0 aliphatic carbocycles. The molecular weight excluding hydrogens is 719 g/mol. The van der Waals surface area contributed by atoms with Crippen molar-refractivity contribution in [1.82, 2.24) is 24.1 Å². The summed E-state index contributed by atoms with van der Waals surface area (Å²) in [7, 11) is 0. The first-order chi connectivity index (χ1) is 17.5. The lowest BCUT2D eigenvalue weighted by atomic mass is 10.2. The van der Waals surface area contributed by atoms with Gasteiger partial charge in [-0.25, -0.2) is 0 Å². The summed E-state index contributed by atoms with van der Waals surface area (Å²) in [5, 5.41) is 8.66. The second-order valence-corrected chi connectivity index (χ2v) is 12.7. The Morgan fingerprint density at radius 3 is 1.97 bits per heavy atom. The van der Waals surface area contributed by atoms with Gasteiger partial charge in [-0.1, -0.05) is 23.2 Å². The Labute approximate surface area is 250 Å². The molecule has 0 saturated carbocycles. The number of likely N-dealkylation sites (tertiary alicyclic amines) is 2. The molecule has 0 spiro atoms. The van der Waals surface area contributed by atoms with E-state index in [0.717, 1.165) is 47.1 Å². The monoisotopic (exact) mass is 749 g/mol. The third-order valence-electron chi connectivity index (χ3n) is 7.11. The Morgan fingerprint density at radius 2 is 1.31 bits per heavy atom. The van der Waals surface area contributed by atoms with Crippen LogP contribution < -0.4 is 0 Å². The topological polar surface area (TPSA) is 29.2 Å². The number of benzene rings is 2. The molecule has 6 rings (SSSR count). The third kappa shape index (κ3) is 6.51. The molecule has 2 aliphatic heterocycles. The van der Waals surface area contributed by atoms with Crippen molar-refractivity contribution in [3.63, 3.8) is 0 Å². The summed E-state index contributed by atoms with van der Waals surface area (Å²) < 4.78 is 6.92. The highest BCUT2D eigenvalue weighted by molar-refractivity contribution is 14.1. The SMILES string of the molecule is Clc1ccc2c(c1)c(I)cn2CCN1CCCC1.Clc1ccc2nn(CCN3CCCC3)c(I)c2c1. The Morgan fingerprint density at radius 1 is 0.722 bits per heavy atom. The van der Waals surface area contributed by atoms with E-state index in [2.05, 4.69) is 87.7 Å². The van der Waals surface area contributed by atoms with Gasteiger partial charge >= 0.3 is 0 Å². The Bertz CT molecular complexity index is 1310. The van der Waals surface area contributed by atoms with E-state index >= 15 is 0 Å². The number of nitrogens with zero attached hydrogens (tertiary/aromatic N) is 5. The van der Waals surface area contributed by atoms with Crippen LogP contribution in [0.25, 0.3) is 21.8 Å². The van der Waals surface area contributed by atoms with Gasteiger partial charge in [-0.3, -0.25) is 4.68 Å². The van der Waals surface area contributed by atoms with E-state index in [1.807, 2.05) is 24.3 Å². The normalized spacial score (nSPS) is 16.8. The van der Waals surface area contributed by atoms with Gasteiger partial charge in [0.1, 0.15) is 3.70 Å². The van der Waals surface area contributed by atoms with E-state index in [1.165, 1.54) is 70.0 Å². The van der Waals surface area contributed by atoms with Crippen molar-refractivity contribution in [2.75, 3.05) is 39.3 Å². The van der Waals surface area contributed by atoms with Gasteiger partial charge in [0.05, 0.1) is 12.1 Å². The van der Waals surface area contributed by atoms with Crippen LogP contribution in [0.4, 0.5) is 0 Å². The van der Waals surface area contributed by atoms with E-state index in [-0.39, 0.29) is 0 Å². The molecule has 0 N–H and O–H groups in total. The minimum atomic E-state index is 0.777. The van der Waals surface area contributed by atoms with E-state index in [1.54, 1.807) is 0 Å². The molecule has 2 aliphatic rings. The summed E-state index contributed by atoms with van der Waals surface area (Å²) in [6.07, 6.45) is 7.64. The zero-order valence-electron chi connectivity index (χ0n) is 20.3. The largest absolute Gasteiger partial charge is 0.345 e. The van der Waals surface area contributed by atoms with Gasteiger partial charge in [-0.15, -0.1) is 0 Å². The molecule has 192 valence electrons. The van der Waals surface area contributed by atoms with Gasteiger partial charge in [-0.05, 0) is 133 Å². The fourth-order valence-electron chi connectivity index (χ4n) is 5.13. The molecule has 0 unspecified atom stereocenters. The predicted molar refractivity (Wildman–Crippen MR) is 168 cm³/mol. The highest BCUT2D eigenvalue weighted by Gasteiger charge is 2.14. The Kier molecular flexibility index (Phi) is 9.38. The van der Waals surface area contributed by atoms with E-state index in [4.69, 9.17) is 23.2 Å². The van der Waals surface area contributed by atoms with Crippen molar-refractivity contribution in [2.45, 2.75) is 38.8 Å². The first-order valence-electron chi connectivity index (χ1n) is 12.7. The van der Waals surface area contributed by atoms with Crippen LogP contribution in [0.1, 0.15) is 25.7 Å². The summed E-state index contributed by atoms with van der Waals surface area (Å²) in [6, 6.07) is 12.1. The predicted octanol–water partition coefficient (Wildman–Crippen LogP) is 7.39. The molecule has 0 bridgehead atoms. The molecule has 5 nitrogen and oxygen atoms in total. The molecule has 4 heterocycles. The standard InChI is InChI=1S/C14H16ClIN2.C13H15ClIN3/c15-11-3-4-14-12(9-11)13(16)10-18(14)8-7-17-5-1-2-6-17;14-10-3-4-12-11(9-10)13(15)18(16-12)8-7-17-5-1-2-6-17/h3-4,9-10H,1-2,5-8H2;3-4,9H,1-2,5-8H2. The molecule has 2 aromatic heterocycles. The molecule has 2 aromatic carbocycles. The number of hydrogen-bond donors (Lipinski definition) is 0. The molecular formula is C27H31Cl2I2N5. The Hall–Kier alpha value is -0.590. The van der Waals surface area contributed by atoms with Crippen LogP contribution in [0, 0.1) is 7.27 Å². The van der Waals surface area contributed by atoms with Gasteiger partial charge in [0.15, 0.2) is 0 Å². The van der Waals surface area contributed by atoms with Crippen molar-refractivity contribution in [3.8, 4) is 0 Å². The summed E-state index contributed by atoms with van der Waals surface area (Å²) in [4.78, 5) is 5.06. The zero-order valence-corrected chi connectivity index (χ0v) is 26.1. The van der Waals surface area contributed by atoms with Crippen molar-refractivity contribution >= 4 is 90.2 Å². The lowest BCUT2D eigenvalue weighted by Crippen LogP contribution is -2.24. The second kappa shape index (κ2) is 12.5. The number of aromatic nitrogens is 3. The average Bonchev–Trinajstić information content (AvgIpc) is 3.67. The minimum absolute atomic E-state index is 0.777. The highest BCUT2D eigenvalue weighted by Crippen LogP contribution is 2.26. The number of fused-ring (bicyclic) bond motifs is 2. The van der Waals surface area contributed by atoms with Crippen LogP contribution >= 0.6 is 68.4 Å². The molecule has 0 radical (unpaired) electrons.